The third-order valence-corrected chi connectivity index (χ3v) is 4.84. The molecule has 0 aliphatic heterocycles. The maximum atomic E-state index is 5.63. The number of allylic oxidation sites excluding steroid dienone is 2. The molecule has 0 atom stereocenters. The molecule has 28 heavy (non-hydrogen) atoms. The van der Waals surface area contributed by atoms with Crippen LogP contribution in [0, 0.1) is 0 Å². The van der Waals surface area contributed by atoms with Gasteiger partial charge in [0.05, 0.1) is 19.9 Å². The molecule has 0 aliphatic carbocycles. The Bertz CT molecular complexity index is 976. The molecule has 1 heterocycles. The lowest BCUT2D eigenvalue weighted by Crippen LogP contribution is -1.98. The van der Waals surface area contributed by atoms with Crippen LogP contribution in [0.4, 0.5) is 0 Å². The molecular weight excluding hydrogens is 372 g/mol. The molecule has 1 aromatic heterocycles. The fraction of sp³-hybridized carbons (Fsp3) is 0.348. The average Bonchev–Trinajstić information content (AvgIpc) is 3.03. The van der Waals surface area contributed by atoms with Crippen molar-refractivity contribution in [3.05, 3.63) is 48.2 Å². The zero-order valence-electron chi connectivity index (χ0n) is 17.3. The van der Waals surface area contributed by atoms with E-state index in [1.165, 1.54) is 16.7 Å². The minimum atomic E-state index is 0. The molecule has 0 saturated heterocycles. The van der Waals surface area contributed by atoms with Gasteiger partial charge < -0.3 is 9.47 Å². The van der Waals surface area contributed by atoms with Crippen LogP contribution in [0.1, 0.15) is 38.8 Å². The Morgan fingerprint density at radius 1 is 1.07 bits per heavy atom. The largest absolute Gasteiger partial charge is 0.497 e. The van der Waals surface area contributed by atoms with Gasteiger partial charge in [-0.1, -0.05) is 44.5 Å². The number of aromatic nitrogens is 2. The van der Waals surface area contributed by atoms with Gasteiger partial charge in [-0.2, -0.15) is 5.10 Å². The predicted octanol–water partition coefficient (Wildman–Crippen LogP) is 6.27. The number of ether oxygens (including phenoxy) is 2. The van der Waals surface area contributed by atoms with Crippen molar-refractivity contribution in [2.75, 3.05) is 14.2 Å². The summed E-state index contributed by atoms with van der Waals surface area (Å²) in [6, 6.07) is 12.3. The number of fused-ring (bicyclic) bond motifs is 1. The lowest BCUT2D eigenvalue weighted by molar-refractivity contribution is 0.395. The van der Waals surface area contributed by atoms with Gasteiger partial charge in [-0.15, -0.1) is 12.4 Å². The van der Waals surface area contributed by atoms with Crippen molar-refractivity contribution in [1.29, 1.82) is 0 Å². The van der Waals surface area contributed by atoms with Crippen LogP contribution in [0.25, 0.3) is 27.6 Å². The SMILES string of the molecule is CC/C=C(\CCC)c1c2cccc(-c3ccc(OC)cc3OC)c2nn1C.Cl. The van der Waals surface area contributed by atoms with E-state index in [0.29, 0.717) is 0 Å². The quantitative estimate of drug-likeness (QED) is 0.468. The number of nitrogens with zero attached hydrogens (tertiary/aromatic N) is 2. The molecule has 0 amide bonds. The number of hydrogen-bond acceptors (Lipinski definition) is 3. The van der Waals surface area contributed by atoms with Gasteiger partial charge in [-0.25, -0.2) is 0 Å². The van der Waals surface area contributed by atoms with Crippen molar-refractivity contribution in [3.8, 4) is 22.6 Å². The number of benzene rings is 2. The maximum absolute atomic E-state index is 5.63. The molecular formula is C23H29ClN2O2. The highest BCUT2D eigenvalue weighted by molar-refractivity contribution is 6.00. The number of rotatable bonds is 7. The zero-order chi connectivity index (χ0) is 19.4. The molecule has 3 rings (SSSR count). The highest BCUT2D eigenvalue weighted by Crippen LogP contribution is 2.39. The Labute approximate surface area is 173 Å². The van der Waals surface area contributed by atoms with E-state index in [2.05, 4.69) is 38.1 Å². The summed E-state index contributed by atoms with van der Waals surface area (Å²) in [4.78, 5) is 0. The minimum Gasteiger partial charge on any atom is -0.497 e. The molecule has 0 spiro atoms. The second kappa shape index (κ2) is 9.65. The third-order valence-electron chi connectivity index (χ3n) is 4.84. The summed E-state index contributed by atoms with van der Waals surface area (Å²) in [5.41, 5.74) is 5.66. The topological polar surface area (TPSA) is 36.3 Å². The molecule has 0 bridgehead atoms. The number of halogens is 1. The minimum absolute atomic E-state index is 0. The highest BCUT2D eigenvalue weighted by atomic mass is 35.5. The fourth-order valence-corrected chi connectivity index (χ4v) is 3.67. The van der Waals surface area contributed by atoms with Gasteiger partial charge in [0.15, 0.2) is 0 Å². The first-order valence-corrected chi connectivity index (χ1v) is 9.52. The Kier molecular flexibility index (Phi) is 7.53. The van der Waals surface area contributed by atoms with E-state index in [-0.39, 0.29) is 12.4 Å². The van der Waals surface area contributed by atoms with Crippen LogP contribution < -0.4 is 9.47 Å². The third kappa shape index (κ3) is 4.02. The molecule has 0 aliphatic rings. The predicted molar refractivity (Wildman–Crippen MR) is 120 cm³/mol. The Balaban J connectivity index is 0.00000280. The van der Waals surface area contributed by atoms with Crippen LogP contribution >= 0.6 is 12.4 Å². The first kappa shape index (κ1) is 21.8. The summed E-state index contributed by atoms with van der Waals surface area (Å²) < 4.78 is 13.0. The van der Waals surface area contributed by atoms with E-state index in [1.54, 1.807) is 14.2 Å². The van der Waals surface area contributed by atoms with Crippen LogP contribution in [0.5, 0.6) is 11.5 Å². The van der Waals surface area contributed by atoms with Crippen molar-refractivity contribution in [2.45, 2.75) is 33.1 Å². The van der Waals surface area contributed by atoms with Gasteiger partial charge in [-0.3, -0.25) is 4.68 Å². The van der Waals surface area contributed by atoms with Gasteiger partial charge >= 0.3 is 0 Å². The molecule has 0 radical (unpaired) electrons. The lowest BCUT2D eigenvalue weighted by Gasteiger charge is -2.11. The summed E-state index contributed by atoms with van der Waals surface area (Å²) in [5.74, 6) is 1.56. The molecule has 3 aromatic rings. The van der Waals surface area contributed by atoms with E-state index in [0.717, 1.165) is 47.4 Å². The summed E-state index contributed by atoms with van der Waals surface area (Å²) in [6.45, 7) is 4.40. The van der Waals surface area contributed by atoms with E-state index in [1.807, 2.05) is 29.9 Å². The van der Waals surface area contributed by atoms with Crippen LogP contribution in [-0.2, 0) is 7.05 Å². The number of hydrogen-bond donors (Lipinski definition) is 0. The van der Waals surface area contributed by atoms with Gasteiger partial charge in [-0.05, 0) is 30.5 Å². The normalized spacial score (nSPS) is 11.4. The van der Waals surface area contributed by atoms with Gasteiger partial charge in [0.25, 0.3) is 0 Å². The molecule has 2 aromatic carbocycles. The lowest BCUT2D eigenvalue weighted by atomic mass is 9.98. The molecule has 0 fully saturated rings. The second-order valence-corrected chi connectivity index (χ2v) is 6.63. The van der Waals surface area contributed by atoms with E-state index in [4.69, 9.17) is 14.6 Å². The van der Waals surface area contributed by atoms with Crippen LogP contribution in [0.3, 0.4) is 0 Å². The van der Waals surface area contributed by atoms with Crippen molar-refractivity contribution in [2.24, 2.45) is 7.05 Å². The van der Waals surface area contributed by atoms with Crippen LogP contribution in [-0.4, -0.2) is 24.0 Å². The summed E-state index contributed by atoms with van der Waals surface area (Å²) >= 11 is 0. The summed E-state index contributed by atoms with van der Waals surface area (Å²) in [5, 5.41) is 6.06. The summed E-state index contributed by atoms with van der Waals surface area (Å²) in [7, 11) is 5.38. The van der Waals surface area contributed by atoms with Crippen molar-refractivity contribution in [3.63, 3.8) is 0 Å². The fourth-order valence-electron chi connectivity index (χ4n) is 3.67. The van der Waals surface area contributed by atoms with Crippen LogP contribution in [0.2, 0.25) is 0 Å². The molecule has 4 nitrogen and oxygen atoms in total. The molecule has 0 unspecified atom stereocenters. The number of methoxy groups -OCH3 is 2. The molecule has 0 N–H and O–H groups in total. The molecule has 150 valence electrons. The zero-order valence-corrected chi connectivity index (χ0v) is 18.1. The van der Waals surface area contributed by atoms with Crippen molar-refractivity contribution < 1.29 is 9.47 Å². The van der Waals surface area contributed by atoms with Crippen molar-refractivity contribution in [1.82, 2.24) is 9.78 Å². The Hall–Kier alpha value is -2.46. The standard InChI is InChI=1S/C23H28N2O2.ClH/c1-6-9-16(10-7-2)23-20-12-8-11-19(22(20)24-25(23)3)18-14-13-17(26-4)15-21(18)27-5;/h8-9,11-15H,6-7,10H2,1-5H3;1H/b16-9+;. The number of aryl methyl sites for hydroxylation is 1. The first-order chi connectivity index (χ1) is 13.1. The van der Waals surface area contributed by atoms with Gasteiger partial charge in [0.1, 0.15) is 17.0 Å². The van der Waals surface area contributed by atoms with E-state index >= 15 is 0 Å². The maximum Gasteiger partial charge on any atom is 0.130 e. The van der Waals surface area contributed by atoms with E-state index in [9.17, 15) is 0 Å². The molecule has 0 saturated carbocycles. The average molecular weight is 401 g/mol. The Morgan fingerprint density at radius 3 is 2.50 bits per heavy atom. The van der Waals surface area contributed by atoms with Gasteiger partial charge in [0.2, 0.25) is 0 Å². The summed E-state index contributed by atoms with van der Waals surface area (Å²) in [6.07, 6.45) is 5.51. The Morgan fingerprint density at radius 2 is 1.86 bits per heavy atom. The monoisotopic (exact) mass is 400 g/mol. The molecule has 5 heteroatoms. The van der Waals surface area contributed by atoms with E-state index < -0.39 is 0 Å². The van der Waals surface area contributed by atoms with Gasteiger partial charge in [0, 0.05) is 29.6 Å². The second-order valence-electron chi connectivity index (χ2n) is 6.63. The smallest absolute Gasteiger partial charge is 0.130 e. The van der Waals surface area contributed by atoms with Crippen molar-refractivity contribution >= 4 is 28.9 Å². The first-order valence-electron chi connectivity index (χ1n) is 9.52. The van der Waals surface area contributed by atoms with Crippen LogP contribution in [0.15, 0.2) is 42.5 Å². The highest BCUT2D eigenvalue weighted by Gasteiger charge is 2.18.